The number of benzene rings is 2. The molecular weight excluding hydrogens is 391 g/mol. The molecule has 0 saturated heterocycles. The molecule has 0 aliphatic rings. The molecule has 1 heterocycles. The van der Waals surface area contributed by atoms with Crippen LogP contribution in [0.15, 0.2) is 63.2 Å². The number of sulfone groups is 1. The lowest BCUT2D eigenvalue weighted by molar-refractivity contribution is 0.592. The van der Waals surface area contributed by atoms with Crippen LogP contribution in [0.3, 0.4) is 0 Å². The topological polar surface area (TPSA) is 59.4 Å². The number of hydrogen-bond acceptors (Lipinski definition) is 4. The zero-order chi connectivity index (χ0) is 21.2. The van der Waals surface area contributed by atoms with E-state index in [-0.39, 0.29) is 15.2 Å². The number of hydrogen-bond donors (Lipinski definition) is 0. The highest BCUT2D eigenvalue weighted by atomic mass is 32.2. The Morgan fingerprint density at radius 2 is 1.69 bits per heavy atom. The lowest BCUT2D eigenvalue weighted by Gasteiger charge is -2.23. The molecule has 2 aromatic carbocycles. The molecule has 3 aromatic rings. The average Bonchev–Trinajstić information content (AvgIpc) is 2.72. The van der Waals surface area contributed by atoms with Gasteiger partial charge in [0.25, 0.3) is 0 Å². The molecule has 3 rings (SSSR count). The van der Waals surface area contributed by atoms with E-state index in [0.717, 1.165) is 6.42 Å². The first-order valence-corrected chi connectivity index (χ1v) is 11.2. The lowest BCUT2D eigenvalue weighted by atomic mass is 10.1. The van der Waals surface area contributed by atoms with E-state index in [4.69, 9.17) is 0 Å². The highest BCUT2D eigenvalue weighted by Crippen LogP contribution is 2.27. The van der Waals surface area contributed by atoms with Crippen LogP contribution in [0.25, 0.3) is 10.9 Å². The maximum absolute atomic E-state index is 14.9. The Kier molecular flexibility index (Phi) is 6.07. The molecule has 0 spiro atoms. The first kappa shape index (κ1) is 21.0. The Balaban J connectivity index is 2.35. The Bertz CT molecular complexity index is 1180. The van der Waals surface area contributed by atoms with E-state index in [1.165, 1.54) is 24.4 Å². The predicted octanol–water partition coefficient (Wildman–Crippen LogP) is 4.23. The molecule has 154 valence electrons. The number of anilines is 1. The van der Waals surface area contributed by atoms with Gasteiger partial charge in [-0.2, -0.15) is 0 Å². The quantitative estimate of drug-likeness (QED) is 0.578. The van der Waals surface area contributed by atoms with E-state index in [1.54, 1.807) is 28.8 Å². The SMILES string of the molecule is CCCn1cc(S(=O)(=O)c2ccccc2)c(=O)c2cc(F)c(N(CC)CC)cc21. The van der Waals surface area contributed by atoms with Crippen LogP contribution in [0.2, 0.25) is 0 Å². The molecule has 1 aromatic heterocycles. The van der Waals surface area contributed by atoms with E-state index in [1.807, 2.05) is 25.7 Å². The molecule has 0 fully saturated rings. The summed E-state index contributed by atoms with van der Waals surface area (Å²) in [6.45, 7) is 7.58. The number of fused-ring (bicyclic) bond motifs is 1. The fourth-order valence-corrected chi connectivity index (χ4v) is 4.91. The van der Waals surface area contributed by atoms with E-state index in [2.05, 4.69) is 0 Å². The average molecular weight is 417 g/mol. The minimum Gasteiger partial charge on any atom is -0.370 e. The van der Waals surface area contributed by atoms with Crippen molar-refractivity contribution in [1.82, 2.24) is 4.57 Å². The van der Waals surface area contributed by atoms with Crippen molar-refractivity contribution < 1.29 is 12.8 Å². The maximum atomic E-state index is 14.9. The van der Waals surface area contributed by atoms with Crippen molar-refractivity contribution in [1.29, 1.82) is 0 Å². The van der Waals surface area contributed by atoms with E-state index >= 15 is 0 Å². The molecule has 0 amide bonds. The maximum Gasteiger partial charge on any atom is 0.211 e. The van der Waals surface area contributed by atoms with Crippen molar-refractivity contribution in [3.05, 3.63) is 64.7 Å². The lowest BCUT2D eigenvalue weighted by Crippen LogP contribution is -2.24. The minimum absolute atomic E-state index is 0.0414. The van der Waals surface area contributed by atoms with Gasteiger partial charge in [-0.05, 0) is 44.5 Å². The summed E-state index contributed by atoms with van der Waals surface area (Å²) in [6.07, 6.45) is 2.13. The van der Waals surface area contributed by atoms with Gasteiger partial charge in [-0.15, -0.1) is 0 Å². The summed E-state index contributed by atoms with van der Waals surface area (Å²) in [5.41, 5.74) is 0.263. The van der Waals surface area contributed by atoms with Crippen LogP contribution in [0.1, 0.15) is 27.2 Å². The van der Waals surface area contributed by atoms with Crippen LogP contribution in [0.4, 0.5) is 10.1 Å². The summed E-state index contributed by atoms with van der Waals surface area (Å²) < 4.78 is 42.8. The van der Waals surface area contributed by atoms with Gasteiger partial charge in [0.15, 0.2) is 0 Å². The van der Waals surface area contributed by atoms with Crippen LogP contribution in [-0.2, 0) is 16.4 Å². The van der Waals surface area contributed by atoms with Crippen LogP contribution >= 0.6 is 0 Å². The third-order valence-corrected chi connectivity index (χ3v) is 6.79. The van der Waals surface area contributed by atoms with Crippen molar-refractivity contribution >= 4 is 26.4 Å². The van der Waals surface area contributed by atoms with Gasteiger partial charge in [0.1, 0.15) is 10.7 Å². The fourth-order valence-electron chi connectivity index (χ4n) is 3.52. The summed E-state index contributed by atoms with van der Waals surface area (Å²) >= 11 is 0. The molecular formula is C22H25FN2O3S. The standard InChI is InChI=1S/C22H25FN2O3S/c1-4-12-25-15-21(29(27,28)16-10-8-7-9-11-16)22(26)17-13-18(23)20(14-19(17)25)24(5-2)6-3/h7-11,13-15H,4-6,12H2,1-3H3. The van der Waals surface area contributed by atoms with Crippen molar-refractivity contribution in [2.24, 2.45) is 0 Å². The third-order valence-electron chi connectivity index (χ3n) is 5.03. The molecule has 29 heavy (non-hydrogen) atoms. The summed E-state index contributed by atoms with van der Waals surface area (Å²) in [5, 5.41) is 0.0730. The fraction of sp³-hybridized carbons (Fsp3) is 0.318. The first-order chi connectivity index (χ1) is 13.8. The summed E-state index contributed by atoms with van der Waals surface area (Å²) in [4.78, 5) is 14.7. The number of nitrogens with zero attached hydrogens (tertiary/aromatic N) is 2. The normalized spacial score (nSPS) is 11.7. The van der Waals surface area contributed by atoms with Crippen LogP contribution < -0.4 is 10.3 Å². The second-order valence-corrected chi connectivity index (χ2v) is 8.74. The number of pyridine rings is 1. The summed E-state index contributed by atoms with van der Waals surface area (Å²) in [7, 11) is -4.02. The Labute approximate surface area is 170 Å². The van der Waals surface area contributed by atoms with Gasteiger partial charge in [0.05, 0.1) is 21.5 Å². The Morgan fingerprint density at radius 1 is 1.03 bits per heavy atom. The zero-order valence-corrected chi connectivity index (χ0v) is 17.7. The van der Waals surface area contributed by atoms with Gasteiger partial charge in [0, 0.05) is 25.8 Å². The molecule has 7 heteroatoms. The molecule has 0 aliphatic heterocycles. The van der Waals surface area contributed by atoms with E-state index in [9.17, 15) is 17.6 Å². The van der Waals surface area contributed by atoms with Gasteiger partial charge in [-0.25, -0.2) is 12.8 Å². The van der Waals surface area contributed by atoms with Crippen molar-refractivity contribution in [2.75, 3.05) is 18.0 Å². The van der Waals surface area contributed by atoms with Crippen molar-refractivity contribution in [3.8, 4) is 0 Å². The van der Waals surface area contributed by atoms with Crippen molar-refractivity contribution in [3.63, 3.8) is 0 Å². The highest BCUT2D eigenvalue weighted by Gasteiger charge is 2.24. The molecule has 0 aliphatic carbocycles. The molecule has 0 unspecified atom stereocenters. The number of aromatic nitrogens is 1. The predicted molar refractivity (Wildman–Crippen MR) is 114 cm³/mol. The second kappa shape index (κ2) is 8.37. The van der Waals surface area contributed by atoms with Gasteiger partial charge in [-0.1, -0.05) is 25.1 Å². The Morgan fingerprint density at radius 3 is 2.28 bits per heavy atom. The minimum atomic E-state index is -4.02. The van der Waals surface area contributed by atoms with Gasteiger partial charge in [0.2, 0.25) is 15.3 Å². The first-order valence-electron chi connectivity index (χ1n) is 9.76. The molecule has 0 bridgehead atoms. The number of halogens is 1. The highest BCUT2D eigenvalue weighted by molar-refractivity contribution is 7.91. The molecule has 0 atom stereocenters. The molecule has 0 saturated carbocycles. The zero-order valence-electron chi connectivity index (χ0n) is 16.9. The van der Waals surface area contributed by atoms with Gasteiger partial charge < -0.3 is 9.47 Å². The van der Waals surface area contributed by atoms with Crippen molar-refractivity contribution in [2.45, 2.75) is 43.5 Å². The third kappa shape index (κ3) is 3.79. The monoisotopic (exact) mass is 416 g/mol. The largest absolute Gasteiger partial charge is 0.370 e. The van der Waals surface area contributed by atoms with Crippen LogP contribution in [-0.4, -0.2) is 26.1 Å². The number of rotatable bonds is 7. The molecule has 0 radical (unpaired) electrons. The van der Waals surface area contributed by atoms with Gasteiger partial charge in [-0.3, -0.25) is 4.79 Å². The van der Waals surface area contributed by atoms with Crippen LogP contribution in [0, 0.1) is 5.82 Å². The van der Waals surface area contributed by atoms with Crippen LogP contribution in [0.5, 0.6) is 0 Å². The summed E-state index contributed by atoms with van der Waals surface area (Å²) in [6, 6.07) is 10.6. The second-order valence-electron chi connectivity index (χ2n) is 6.83. The van der Waals surface area contributed by atoms with E-state index < -0.39 is 21.1 Å². The number of aryl methyl sites for hydroxylation is 1. The Hall–Kier alpha value is -2.67. The molecule has 0 N–H and O–H groups in total. The summed E-state index contributed by atoms with van der Waals surface area (Å²) in [5.74, 6) is -0.532. The van der Waals surface area contributed by atoms with Gasteiger partial charge >= 0.3 is 0 Å². The molecule has 5 nitrogen and oxygen atoms in total. The smallest absolute Gasteiger partial charge is 0.211 e. The van der Waals surface area contributed by atoms with E-state index in [0.29, 0.717) is 30.8 Å².